The average molecular weight is 633 g/mol. The number of benzene rings is 3. The Morgan fingerprint density at radius 3 is 2.58 bits per heavy atom. The van der Waals surface area contributed by atoms with E-state index in [4.69, 9.17) is 41.0 Å². The van der Waals surface area contributed by atoms with Crippen LogP contribution in [-0.4, -0.2) is 47.0 Å². The van der Waals surface area contributed by atoms with Crippen molar-refractivity contribution in [3.8, 4) is 28.6 Å². The fourth-order valence-electron chi connectivity index (χ4n) is 5.30. The summed E-state index contributed by atoms with van der Waals surface area (Å²) in [5, 5.41) is 10.8. The van der Waals surface area contributed by atoms with Crippen molar-refractivity contribution in [2.24, 2.45) is 0 Å². The van der Waals surface area contributed by atoms with Crippen LogP contribution >= 0.6 is 34.7 Å². The minimum atomic E-state index is -0.234. The van der Waals surface area contributed by atoms with E-state index in [1.54, 1.807) is 37.3 Å². The zero-order chi connectivity index (χ0) is 29.9. The second-order valence-electron chi connectivity index (χ2n) is 9.87. The topological polar surface area (TPSA) is 88.4 Å². The van der Waals surface area contributed by atoms with Crippen molar-refractivity contribution >= 4 is 40.7 Å². The van der Waals surface area contributed by atoms with Crippen LogP contribution in [0.4, 0.5) is 0 Å². The predicted octanol–water partition coefficient (Wildman–Crippen LogP) is 7.29. The fourth-order valence-corrected chi connectivity index (χ4v) is 8.07. The molecule has 0 amide bonds. The molecule has 220 valence electrons. The number of hydrogen-bond donors (Lipinski definition) is 0. The molecule has 8 nitrogen and oxygen atoms in total. The molecule has 3 aromatic carbocycles. The molecule has 0 N–H and O–H groups in total. The molecule has 11 heteroatoms. The Hall–Kier alpha value is -3.86. The number of thioether (sulfide) groups is 1. The first kappa shape index (κ1) is 29.2. The number of halogens is 1. The van der Waals surface area contributed by atoms with Gasteiger partial charge in [-0.05, 0) is 36.2 Å². The van der Waals surface area contributed by atoms with Crippen molar-refractivity contribution in [1.29, 1.82) is 0 Å². The molecule has 0 bridgehead atoms. The molecule has 0 spiro atoms. The summed E-state index contributed by atoms with van der Waals surface area (Å²) in [4.78, 5) is 17.5. The molecule has 1 aliphatic rings. The molecular formula is C32H29ClN4O4S2. The number of methoxy groups -OCH3 is 3. The highest BCUT2D eigenvalue weighted by atomic mass is 35.5. The number of ether oxygens (including phenoxy) is 3. The van der Waals surface area contributed by atoms with Gasteiger partial charge in [0.05, 0.1) is 48.9 Å². The van der Waals surface area contributed by atoms with Crippen molar-refractivity contribution in [2.45, 2.75) is 29.8 Å². The highest BCUT2D eigenvalue weighted by molar-refractivity contribution is 8.00. The molecule has 0 saturated heterocycles. The molecule has 0 radical (unpaired) electrons. The van der Waals surface area contributed by atoms with Gasteiger partial charge >= 0.3 is 5.97 Å². The number of carbonyl (C=O) groups excluding carboxylic acids is 1. The van der Waals surface area contributed by atoms with Crippen molar-refractivity contribution in [1.82, 2.24) is 19.7 Å². The fraction of sp³-hybridized carbons (Fsp3) is 0.250. The van der Waals surface area contributed by atoms with E-state index in [-0.39, 0.29) is 16.5 Å². The second kappa shape index (κ2) is 12.8. The Morgan fingerprint density at radius 1 is 0.977 bits per heavy atom. The largest absolute Gasteiger partial charge is 0.493 e. The van der Waals surface area contributed by atoms with E-state index in [0.29, 0.717) is 35.8 Å². The SMILES string of the molecule is COC(=O)CCc1cnc(CC2SC(c3cccc(OC)c3OC)c3cc(Cl)ccc3-n3c(-c4ccccc4)nnc32)s1. The molecule has 0 saturated carbocycles. The number of aromatic nitrogens is 4. The van der Waals surface area contributed by atoms with Crippen LogP contribution in [0, 0.1) is 0 Å². The van der Waals surface area contributed by atoms with E-state index >= 15 is 0 Å². The standard InChI is InChI=1S/C32H29ClN4O4S2/c1-39-25-11-7-10-22(29(25)41-3)30-23-16-20(33)12-14-24(23)37-31(19-8-5-4-6-9-19)35-36-32(37)26(43-30)17-27-34-18-21(42-27)13-15-28(38)40-2/h4-12,14,16,18,26,30H,13,15,17H2,1-3H3. The first-order chi connectivity index (χ1) is 21.0. The second-order valence-corrected chi connectivity index (χ2v) is 12.8. The lowest BCUT2D eigenvalue weighted by Crippen LogP contribution is -2.07. The van der Waals surface area contributed by atoms with E-state index in [1.807, 2.05) is 66.9 Å². The lowest BCUT2D eigenvalue weighted by molar-refractivity contribution is -0.140. The highest BCUT2D eigenvalue weighted by Crippen LogP contribution is 2.54. The predicted molar refractivity (Wildman–Crippen MR) is 170 cm³/mol. The first-order valence-corrected chi connectivity index (χ1v) is 15.8. The van der Waals surface area contributed by atoms with Crippen LogP contribution in [0.25, 0.3) is 17.1 Å². The number of nitrogens with zero attached hydrogens (tertiary/aromatic N) is 4. The third-order valence-corrected chi connectivity index (χ3v) is 10.1. The summed E-state index contributed by atoms with van der Waals surface area (Å²) in [6.45, 7) is 0. The Labute approximate surface area is 263 Å². The quantitative estimate of drug-likeness (QED) is 0.157. The van der Waals surface area contributed by atoms with Gasteiger partial charge in [-0.3, -0.25) is 9.36 Å². The van der Waals surface area contributed by atoms with Crippen molar-refractivity contribution in [2.75, 3.05) is 21.3 Å². The van der Waals surface area contributed by atoms with Gasteiger partial charge in [-0.25, -0.2) is 4.98 Å². The molecule has 0 fully saturated rings. The van der Waals surface area contributed by atoms with Crippen LogP contribution < -0.4 is 9.47 Å². The summed E-state index contributed by atoms with van der Waals surface area (Å²) in [6, 6.07) is 22.0. The Balaban J connectivity index is 1.50. The van der Waals surface area contributed by atoms with E-state index in [0.717, 1.165) is 43.9 Å². The monoisotopic (exact) mass is 632 g/mol. The van der Waals surface area contributed by atoms with Crippen molar-refractivity contribution in [3.63, 3.8) is 0 Å². The molecule has 2 atom stereocenters. The van der Waals surface area contributed by atoms with E-state index < -0.39 is 0 Å². The summed E-state index contributed by atoms with van der Waals surface area (Å²) in [5.41, 5.74) is 3.90. The minimum absolute atomic E-state index is 0.128. The summed E-state index contributed by atoms with van der Waals surface area (Å²) >= 11 is 10.0. The smallest absolute Gasteiger partial charge is 0.305 e. The molecule has 5 aromatic rings. The number of carbonyl (C=O) groups is 1. The van der Waals surface area contributed by atoms with Gasteiger partial charge in [0.15, 0.2) is 23.1 Å². The van der Waals surface area contributed by atoms with Gasteiger partial charge in [0, 0.05) is 33.6 Å². The van der Waals surface area contributed by atoms with Gasteiger partial charge in [-0.15, -0.1) is 33.3 Å². The molecule has 2 aromatic heterocycles. The molecule has 43 heavy (non-hydrogen) atoms. The molecular weight excluding hydrogens is 604 g/mol. The number of hydrogen-bond acceptors (Lipinski definition) is 9. The maximum Gasteiger partial charge on any atom is 0.305 e. The van der Waals surface area contributed by atoms with Crippen LogP contribution in [0.5, 0.6) is 11.5 Å². The summed E-state index contributed by atoms with van der Waals surface area (Å²) in [5.74, 6) is 2.67. The number of para-hydroxylation sites is 1. The van der Waals surface area contributed by atoms with E-state index in [9.17, 15) is 4.79 Å². The van der Waals surface area contributed by atoms with Gasteiger partial charge in [-0.1, -0.05) is 54.1 Å². The van der Waals surface area contributed by atoms with Gasteiger partial charge in [-0.2, -0.15) is 0 Å². The van der Waals surface area contributed by atoms with Gasteiger partial charge in [0.25, 0.3) is 0 Å². The number of thiazole rings is 1. The summed E-state index contributed by atoms with van der Waals surface area (Å²) in [7, 11) is 4.71. The Bertz CT molecular complexity index is 1760. The lowest BCUT2D eigenvalue weighted by Gasteiger charge is -2.23. The normalized spacial score (nSPS) is 15.7. The molecule has 2 unspecified atom stereocenters. The zero-order valence-electron chi connectivity index (χ0n) is 23.8. The minimum Gasteiger partial charge on any atom is -0.493 e. The Morgan fingerprint density at radius 2 is 1.81 bits per heavy atom. The van der Waals surface area contributed by atoms with Gasteiger partial charge in [0.1, 0.15) is 0 Å². The number of esters is 1. The van der Waals surface area contributed by atoms with Crippen LogP contribution in [-0.2, 0) is 22.4 Å². The lowest BCUT2D eigenvalue weighted by atomic mass is 10.0. The molecule has 0 aliphatic carbocycles. The van der Waals surface area contributed by atoms with E-state index in [2.05, 4.69) is 10.6 Å². The van der Waals surface area contributed by atoms with Crippen molar-refractivity contribution < 1.29 is 19.0 Å². The van der Waals surface area contributed by atoms with Gasteiger partial charge < -0.3 is 14.2 Å². The zero-order valence-corrected chi connectivity index (χ0v) is 26.2. The third kappa shape index (κ3) is 5.87. The van der Waals surface area contributed by atoms with Gasteiger partial charge in [0.2, 0.25) is 0 Å². The third-order valence-electron chi connectivity index (χ3n) is 7.30. The molecule has 1 aliphatic heterocycles. The molecule has 3 heterocycles. The van der Waals surface area contributed by atoms with Crippen LogP contribution in [0.3, 0.4) is 0 Å². The van der Waals surface area contributed by atoms with Crippen LogP contribution in [0.2, 0.25) is 5.02 Å². The number of fused-ring (bicyclic) bond motifs is 3. The number of rotatable bonds is 9. The highest BCUT2D eigenvalue weighted by Gasteiger charge is 2.36. The Kier molecular flexibility index (Phi) is 8.69. The van der Waals surface area contributed by atoms with Crippen LogP contribution in [0.1, 0.15) is 43.8 Å². The van der Waals surface area contributed by atoms with Crippen molar-refractivity contribution in [3.05, 3.63) is 105 Å². The number of aryl methyl sites for hydroxylation is 1. The summed E-state index contributed by atoms with van der Waals surface area (Å²) in [6.07, 6.45) is 3.37. The van der Waals surface area contributed by atoms with Crippen LogP contribution in [0.15, 0.2) is 72.9 Å². The summed E-state index contributed by atoms with van der Waals surface area (Å²) < 4.78 is 18.6. The maximum atomic E-state index is 11.7. The maximum absolute atomic E-state index is 11.7. The molecule has 6 rings (SSSR count). The first-order valence-electron chi connectivity index (χ1n) is 13.7. The van der Waals surface area contributed by atoms with E-state index in [1.165, 1.54) is 7.11 Å². The average Bonchev–Trinajstić information content (AvgIpc) is 3.66.